The molecule has 29 heavy (non-hydrogen) atoms. The fourth-order valence-electron chi connectivity index (χ4n) is 2.66. The maximum Gasteiger partial charge on any atom is 0.316 e. The van der Waals surface area contributed by atoms with Gasteiger partial charge >= 0.3 is 5.97 Å². The third kappa shape index (κ3) is 5.99. The molecule has 0 atom stereocenters. The van der Waals surface area contributed by atoms with Crippen molar-refractivity contribution in [2.75, 3.05) is 20.0 Å². The Morgan fingerprint density at radius 1 is 1.03 bits per heavy atom. The minimum atomic E-state index is -0.304. The van der Waals surface area contributed by atoms with Gasteiger partial charge in [0.2, 0.25) is 0 Å². The molecule has 0 spiro atoms. The average molecular weight is 413 g/mol. The number of rotatable bonds is 10. The van der Waals surface area contributed by atoms with Gasteiger partial charge in [0.25, 0.3) is 0 Å². The minimum absolute atomic E-state index is 0.177. The number of ether oxygens (including phenoxy) is 3. The molecule has 7 nitrogen and oxygen atoms in total. The van der Waals surface area contributed by atoms with Crippen LogP contribution in [0.15, 0.2) is 59.8 Å². The molecular formula is C21H23N3O4S. The molecule has 0 N–H and O–H groups in total. The smallest absolute Gasteiger partial charge is 0.316 e. The molecule has 0 aliphatic carbocycles. The van der Waals surface area contributed by atoms with Crippen molar-refractivity contribution in [1.29, 1.82) is 0 Å². The van der Waals surface area contributed by atoms with Gasteiger partial charge in [-0.3, -0.25) is 4.79 Å². The van der Waals surface area contributed by atoms with Gasteiger partial charge in [0.1, 0.15) is 18.1 Å². The number of hydrogen-bond donors (Lipinski definition) is 0. The zero-order valence-electron chi connectivity index (χ0n) is 16.4. The Labute approximate surface area is 174 Å². The van der Waals surface area contributed by atoms with E-state index >= 15 is 0 Å². The summed E-state index contributed by atoms with van der Waals surface area (Å²) in [6.07, 6.45) is 0.816. The van der Waals surface area contributed by atoms with Crippen LogP contribution < -0.4 is 9.47 Å². The lowest BCUT2D eigenvalue weighted by atomic mass is 10.1. The van der Waals surface area contributed by atoms with Crippen LogP contribution in [-0.4, -0.2) is 40.7 Å². The number of aromatic nitrogens is 3. The van der Waals surface area contributed by atoms with Crippen molar-refractivity contribution in [3.8, 4) is 11.5 Å². The SMILES string of the molecule is COC(=O)CSc1nnc(COc2cccc(OC)c2)n1CCc1ccccc1. The third-order valence-electron chi connectivity index (χ3n) is 4.22. The number of carbonyl (C=O) groups is 1. The van der Waals surface area contributed by atoms with Gasteiger partial charge < -0.3 is 18.8 Å². The van der Waals surface area contributed by atoms with E-state index < -0.39 is 0 Å². The molecule has 3 rings (SSSR count). The quantitative estimate of drug-likeness (QED) is 0.373. The highest BCUT2D eigenvalue weighted by molar-refractivity contribution is 7.99. The normalized spacial score (nSPS) is 10.6. The molecule has 2 aromatic carbocycles. The minimum Gasteiger partial charge on any atom is -0.497 e. The van der Waals surface area contributed by atoms with Gasteiger partial charge in [-0.15, -0.1) is 10.2 Å². The van der Waals surface area contributed by atoms with Crippen LogP contribution in [0.5, 0.6) is 11.5 Å². The molecule has 0 aliphatic heterocycles. The van der Waals surface area contributed by atoms with Crippen LogP contribution in [0.3, 0.4) is 0 Å². The molecule has 0 amide bonds. The standard InChI is InChI=1S/C21H23N3O4S/c1-26-17-9-6-10-18(13-17)28-14-19-22-23-21(29-15-20(25)27-2)24(19)12-11-16-7-4-3-5-8-16/h3-10,13H,11-12,14-15H2,1-2H3. The maximum absolute atomic E-state index is 11.5. The fraction of sp³-hybridized carbons (Fsp3) is 0.286. The Bertz CT molecular complexity index is 931. The van der Waals surface area contributed by atoms with Crippen molar-refractivity contribution >= 4 is 17.7 Å². The summed E-state index contributed by atoms with van der Waals surface area (Å²) in [5.41, 5.74) is 1.21. The summed E-state index contributed by atoms with van der Waals surface area (Å²) in [6, 6.07) is 17.6. The zero-order valence-corrected chi connectivity index (χ0v) is 17.2. The molecule has 152 valence electrons. The van der Waals surface area contributed by atoms with Crippen LogP contribution in [-0.2, 0) is 29.1 Å². The molecular weight excluding hydrogens is 390 g/mol. The maximum atomic E-state index is 11.5. The molecule has 0 saturated heterocycles. The number of aryl methyl sites for hydroxylation is 1. The largest absolute Gasteiger partial charge is 0.497 e. The van der Waals surface area contributed by atoms with Gasteiger partial charge in [0.15, 0.2) is 11.0 Å². The molecule has 1 heterocycles. The summed E-state index contributed by atoms with van der Waals surface area (Å²) in [5, 5.41) is 9.18. The number of hydrogen-bond acceptors (Lipinski definition) is 7. The van der Waals surface area contributed by atoms with E-state index in [2.05, 4.69) is 22.3 Å². The third-order valence-corrected chi connectivity index (χ3v) is 5.16. The van der Waals surface area contributed by atoms with E-state index in [1.807, 2.05) is 47.0 Å². The lowest BCUT2D eigenvalue weighted by Gasteiger charge is -2.11. The second kappa shape index (κ2) is 10.5. The molecule has 0 radical (unpaired) electrons. The molecule has 0 fully saturated rings. The van der Waals surface area contributed by atoms with Crippen LogP contribution in [0.2, 0.25) is 0 Å². The summed E-state index contributed by atoms with van der Waals surface area (Å²) in [4.78, 5) is 11.5. The molecule has 1 aromatic heterocycles. The summed E-state index contributed by atoms with van der Waals surface area (Å²) in [6.45, 7) is 0.936. The van der Waals surface area contributed by atoms with Crippen molar-refractivity contribution < 1.29 is 19.0 Å². The van der Waals surface area contributed by atoms with Gasteiger partial charge in [-0.25, -0.2) is 0 Å². The Hall–Kier alpha value is -3.00. The Morgan fingerprint density at radius 2 is 1.83 bits per heavy atom. The highest BCUT2D eigenvalue weighted by Crippen LogP contribution is 2.22. The number of benzene rings is 2. The van der Waals surface area contributed by atoms with Crippen molar-refractivity contribution in [2.45, 2.75) is 24.7 Å². The highest BCUT2D eigenvalue weighted by Gasteiger charge is 2.15. The van der Waals surface area contributed by atoms with E-state index in [4.69, 9.17) is 14.2 Å². The molecule has 8 heteroatoms. The van der Waals surface area contributed by atoms with Crippen molar-refractivity contribution in [3.05, 3.63) is 66.0 Å². The van der Waals surface area contributed by atoms with Crippen LogP contribution in [0.4, 0.5) is 0 Å². The zero-order chi connectivity index (χ0) is 20.5. The summed E-state index contributed by atoms with van der Waals surface area (Å²) >= 11 is 1.30. The van der Waals surface area contributed by atoms with E-state index in [9.17, 15) is 4.79 Å². The predicted octanol–water partition coefficient (Wildman–Crippen LogP) is 3.37. The van der Waals surface area contributed by atoms with Crippen molar-refractivity contribution in [2.24, 2.45) is 0 Å². The molecule has 0 bridgehead atoms. The van der Waals surface area contributed by atoms with E-state index in [0.717, 1.165) is 12.2 Å². The van der Waals surface area contributed by atoms with Crippen LogP contribution in [0.1, 0.15) is 11.4 Å². The summed E-state index contributed by atoms with van der Waals surface area (Å²) in [7, 11) is 2.99. The Kier molecular flexibility index (Phi) is 7.52. The lowest BCUT2D eigenvalue weighted by molar-refractivity contribution is -0.137. The second-order valence-electron chi connectivity index (χ2n) is 6.12. The highest BCUT2D eigenvalue weighted by atomic mass is 32.2. The van der Waals surface area contributed by atoms with Crippen molar-refractivity contribution in [1.82, 2.24) is 14.8 Å². The lowest BCUT2D eigenvalue weighted by Crippen LogP contribution is -2.11. The molecule has 0 saturated carbocycles. The monoisotopic (exact) mass is 413 g/mol. The first-order valence-corrected chi connectivity index (χ1v) is 10.1. The number of carbonyl (C=O) groups excluding carboxylic acids is 1. The van der Waals surface area contributed by atoms with Crippen molar-refractivity contribution in [3.63, 3.8) is 0 Å². The van der Waals surface area contributed by atoms with Gasteiger partial charge in [0, 0.05) is 12.6 Å². The van der Waals surface area contributed by atoms with Gasteiger partial charge in [0.05, 0.1) is 20.0 Å². The van der Waals surface area contributed by atoms with Crippen LogP contribution in [0, 0.1) is 0 Å². The van der Waals surface area contributed by atoms with Crippen LogP contribution in [0.25, 0.3) is 0 Å². The average Bonchev–Trinajstić information content (AvgIpc) is 3.17. The van der Waals surface area contributed by atoms with E-state index in [1.54, 1.807) is 7.11 Å². The molecule has 0 aliphatic rings. The first kappa shape index (κ1) is 20.7. The predicted molar refractivity (Wildman–Crippen MR) is 110 cm³/mol. The first-order valence-electron chi connectivity index (χ1n) is 9.12. The number of methoxy groups -OCH3 is 2. The fourth-order valence-corrected chi connectivity index (χ4v) is 3.48. The Morgan fingerprint density at radius 3 is 2.59 bits per heavy atom. The van der Waals surface area contributed by atoms with E-state index in [-0.39, 0.29) is 18.3 Å². The summed E-state index contributed by atoms with van der Waals surface area (Å²) in [5.74, 6) is 1.97. The van der Waals surface area contributed by atoms with Gasteiger partial charge in [-0.2, -0.15) is 0 Å². The van der Waals surface area contributed by atoms with Crippen LogP contribution >= 0.6 is 11.8 Å². The first-order chi connectivity index (χ1) is 14.2. The summed E-state index contributed by atoms with van der Waals surface area (Å²) < 4.78 is 17.8. The number of thioether (sulfide) groups is 1. The molecule has 0 unspecified atom stereocenters. The Balaban J connectivity index is 1.73. The number of esters is 1. The number of nitrogens with zero attached hydrogens (tertiary/aromatic N) is 3. The van der Waals surface area contributed by atoms with Gasteiger partial charge in [-0.1, -0.05) is 48.2 Å². The van der Waals surface area contributed by atoms with E-state index in [1.165, 1.54) is 24.4 Å². The van der Waals surface area contributed by atoms with E-state index in [0.29, 0.717) is 23.3 Å². The van der Waals surface area contributed by atoms with Gasteiger partial charge in [-0.05, 0) is 24.1 Å². The topological polar surface area (TPSA) is 75.5 Å². The second-order valence-corrected chi connectivity index (χ2v) is 7.06. The molecule has 3 aromatic rings.